The second kappa shape index (κ2) is 6.49. The number of ether oxygens (including phenoxy) is 1. The van der Waals surface area contributed by atoms with Crippen molar-refractivity contribution >= 4 is 27.5 Å². The molecule has 0 aliphatic heterocycles. The highest BCUT2D eigenvalue weighted by Crippen LogP contribution is 2.28. The van der Waals surface area contributed by atoms with Gasteiger partial charge in [0.25, 0.3) is 0 Å². The van der Waals surface area contributed by atoms with Gasteiger partial charge in [-0.2, -0.15) is 0 Å². The number of oxime groups is 1. The van der Waals surface area contributed by atoms with Crippen LogP contribution in [0.3, 0.4) is 0 Å². The molecule has 0 saturated heterocycles. The van der Waals surface area contributed by atoms with Crippen LogP contribution in [0.25, 0.3) is 0 Å². The molecule has 0 radical (unpaired) electrons. The van der Waals surface area contributed by atoms with E-state index >= 15 is 0 Å². The van der Waals surface area contributed by atoms with Crippen LogP contribution in [-0.4, -0.2) is 25.1 Å². The van der Waals surface area contributed by atoms with Crippen molar-refractivity contribution in [3.05, 3.63) is 52.5 Å². The zero-order valence-corrected chi connectivity index (χ0v) is 13.3. The largest absolute Gasteiger partial charge is 0.457 e. The van der Waals surface area contributed by atoms with Gasteiger partial charge < -0.3 is 20.6 Å². The quantitative estimate of drug-likeness (QED) is 0.384. The Morgan fingerprint density at radius 3 is 2.52 bits per heavy atom. The van der Waals surface area contributed by atoms with E-state index in [4.69, 9.17) is 15.7 Å². The number of halogens is 1. The molecular weight excluding hydrogens is 334 g/mol. The molecule has 3 N–H and O–H groups in total. The first-order valence-electron chi connectivity index (χ1n) is 6.24. The molecule has 21 heavy (non-hydrogen) atoms. The molecule has 2 rings (SSSR count). The molecule has 5 nitrogen and oxygen atoms in total. The molecule has 0 aromatic heterocycles. The summed E-state index contributed by atoms with van der Waals surface area (Å²) in [6.07, 6.45) is 0. The fraction of sp³-hybridized carbons (Fsp3) is 0.133. The maximum atomic E-state index is 8.71. The van der Waals surface area contributed by atoms with Crippen molar-refractivity contribution in [2.45, 2.75) is 0 Å². The van der Waals surface area contributed by atoms with Crippen LogP contribution in [0.1, 0.15) is 5.56 Å². The van der Waals surface area contributed by atoms with Gasteiger partial charge in [-0.15, -0.1) is 0 Å². The highest BCUT2D eigenvalue weighted by atomic mass is 79.9. The van der Waals surface area contributed by atoms with Crippen LogP contribution in [0.5, 0.6) is 11.5 Å². The summed E-state index contributed by atoms with van der Waals surface area (Å²) in [6, 6.07) is 13.0. The van der Waals surface area contributed by atoms with E-state index in [1.54, 1.807) is 18.2 Å². The van der Waals surface area contributed by atoms with Gasteiger partial charge in [0.1, 0.15) is 11.5 Å². The Labute approximate surface area is 131 Å². The smallest absolute Gasteiger partial charge is 0.171 e. The lowest BCUT2D eigenvalue weighted by molar-refractivity contribution is 0.318. The highest BCUT2D eigenvalue weighted by Gasteiger charge is 2.07. The highest BCUT2D eigenvalue weighted by molar-refractivity contribution is 9.10. The zero-order valence-electron chi connectivity index (χ0n) is 11.7. The third-order valence-electron chi connectivity index (χ3n) is 2.89. The summed E-state index contributed by atoms with van der Waals surface area (Å²) in [4.78, 5) is 2.00. The Kier molecular flexibility index (Phi) is 4.70. The number of hydrogen-bond donors (Lipinski definition) is 2. The van der Waals surface area contributed by atoms with Crippen molar-refractivity contribution in [3.63, 3.8) is 0 Å². The zero-order chi connectivity index (χ0) is 15.4. The van der Waals surface area contributed by atoms with Crippen LogP contribution in [0.4, 0.5) is 5.69 Å². The Morgan fingerprint density at radius 2 is 1.90 bits per heavy atom. The Hall–Kier alpha value is -2.21. The fourth-order valence-electron chi connectivity index (χ4n) is 1.78. The minimum absolute atomic E-state index is 0.0445. The minimum atomic E-state index is 0.0445. The lowest BCUT2D eigenvalue weighted by atomic mass is 10.2. The molecule has 2 aromatic rings. The van der Waals surface area contributed by atoms with Gasteiger partial charge in [-0.25, -0.2) is 0 Å². The summed E-state index contributed by atoms with van der Waals surface area (Å²) in [7, 11) is 3.95. The van der Waals surface area contributed by atoms with E-state index < -0.39 is 0 Å². The summed E-state index contributed by atoms with van der Waals surface area (Å²) >= 11 is 3.38. The number of nitrogens with two attached hydrogens (primary N) is 1. The predicted octanol–water partition coefficient (Wildman–Crippen LogP) is 3.40. The van der Waals surface area contributed by atoms with Crippen molar-refractivity contribution < 1.29 is 9.94 Å². The molecule has 110 valence electrons. The Balaban J connectivity index is 2.24. The van der Waals surface area contributed by atoms with Gasteiger partial charge in [0.2, 0.25) is 0 Å². The summed E-state index contributed by atoms with van der Waals surface area (Å²) in [6.45, 7) is 0. The molecule has 0 heterocycles. The molecular formula is C15H16BrN3O2. The van der Waals surface area contributed by atoms with Gasteiger partial charge in [0.05, 0.1) is 0 Å². The molecule has 0 spiro atoms. The number of amidine groups is 1. The monoisotopic (exact) mass is 349 g/mol. The van der Waals surface area contributed by atoms with E-state index in [0.717, 1.165) is 11.4 Å². The summed E-state index contributed by atoms with van der Waals surface area (Å²) < 4.78 is 6.51. The van der Waals surface area contributed by atoms with Crippen LogP contribution >= 0.6 is 15.9 Å². The molecule has 0 aliphatic rings. The van der Waals surface area contributed by atoms with Gasteiger partial charge in [-0.3, -0.25) is 0 Å². The normalized spacial score (nSPS) is 11.3. The second-order valence-corrected chi connectivity index (χ2v) is 5.48. The van der Waals surface area contributed by atoms with E-state index in [2.05, 4.69) is 21.1 Å². The average Bonchev–Trinajstić information content (AvgIpc) is 2.47. The van der Waals surface area contributed by atoms with Crippen molar-refractivity contribution in [2.24, 2.45) is 10.9 Å². The lowest BCUT2D eigenvalue weighted by Crippen LogP contribution is -2.13. The molecule has 0 saturated carbocycles. The van der Waals surface area contributed by atoms with Crippen molar-refractivity contribution in [3.8, 4) is 11.5 Å². The SMILES string of the molecule is CN(C)c1cccc(Oc2ccc(/C(N)=N/O)c(Br)c2)c1. The molecule has 6 heteroatoms. The Morgan fingerprint density at radius 1 is 1.19 bits per heavy atom. The van der Waals surface area contributed by atoms with Gasteiger partial charge in [0, 0.05) is 35.9 Å². The number of anilines is 1. The molecule has 2 aromatic carbocycles. The van der Waals surface area contributed by atoms with E-state index in [9.17, 15) is 0 Å². The van der Waals surface area contributed by atoms with Crippen molar-refractivity contribution in [2.75, 3.05) is 19.0 Å². The van der Waals surface area contributed by atoms with E-state index in [0.29, 0.717) is 15.8 Å². The first kappa shape index (κ1) is 15.2. The van der Waals surface area contributed by atoms with Gasteiger partial charge in [-0.05, 0) is 46.3 Å². The fourth-order valence-corrected chi connectivity index (χ4v) is 2.34. The molecule has 0 bridgehead atoms. The van der Waals surface area contributed by atoms with Crippen LogP contribution in [-0.2, 0) is 0 Å². The summed E-state index contributed by atoms with van der Waals surface area (Å²) in [5.41, 5.74) is 7.23. The average molecular weight is 350 g/mol. The number of benzene rings is 2. The van der Waals surface area contributed by atoms with Gasteiger partial charge in [0.15, 0.2) is 5.84 Å². The first-order valence-corrected chi connectivity index (χ1v) is 7.03. The van der Waals surface area contributed by atoms with E-state index in [1.165, 1.54) is 0 Å². The Bertz CT molecular complexity index is 672. The van der Waals surface area contributed by atoms with Crippen molar-refractivity contribution in [1.29, 1.82) is 0 Å². The van der Waals surface area contributed by atoms with Crippen LogP contribution in [0, 0.1) is 0 Å². The molecule has 0 unspecified atom stereocenters. The molecule has 0 atom stereocenters. The van der Waals surface area contributed by atoms with Crippen LogP contribution < -0.4 is 15.4 Å². The maximum Gasteiger partial charge on any atom is 0.171 e. The maximum absolute atomic E-state index is 8.71. The molecule has 0 fully saturated rings. The standard InChI is InChI=1S/C15H16BrN3O2/c1-19(2)10-4-3-5-11(8-10)21-12-6-7-13(14(16)9-12)15(17)18-20/h3-9,20H,1-2H3,(H2,17,18). The van der Waals surface area contributed by atoms with E-state index in [-0.39, 0.29) is 5.84 Å². The van der Waals surface area contributed by atoms with Gasteiger partial charge in [-0.1, -0.05) is 11.2 Å². The molecule has 0 aliphatic carbocycles. The van der Waals surface area contributed by atoms with Gasteiger partial charge >= 0.3 is 0 Å². The third kappa shape index (κ3) is 3.66. The van der Waals surface area contributed by atoms with Crippen LogP contribution in [0.15, 0.2) is 52.1 Å². The third-order valence-corrected chi connectivity index (χ3v) is 3.55. The number of nitrogens with zero attached hydrogens (tertiary/aromatic N) is 2. The second-order valence-electron chi connectivity index (χ2n) is 4.62. The minimum Gasteiger partial charge on any atom is -0.457 e. The molecule has 0 amide bonds. The number of rotatable bonds is 4. The summed E-state index contributed by atoms with van der Waals surface area (Å²) in [5, 5.41) is 11.7. The van der Waals surface area contributed by atoms with E-state index in [1.807, 2.05) is 43.3 Å². The number of hydrogen-bond acceptors (Lipinski definition) is 4. The lowest BCUT2D eigenvalue weighted by Gasteiger charge is -2.14. The topological polar surface area (TPSA) is 71.1 Å². The van der Waals surface area contributed by atoms with Crippen molar-refractivity contribution in [1.82, 2.24) is 0 Å². The summed E-state index contributed by atoms with van der Waals surface area (Å²) in [5.74, 6) is 1.44. The predicted molar refractivity (Wildman–Crippen MR) is 87.5 cm³/mol. The first-order chi connectivity index (χ1) is 10.0. The van der Waals surface area contributed by atoms with Crippen LogP contribution in [0.2, 0.25) is 0 Å².